The van der Waals surface area contributed by atoms with Crippen LogP contribution in [0.2, 0.25) is 0 Å². The summed E-state index contributed by atoms with van der Waals surface area (Å²) in [5.41, 5.74) is -0.0434. The molecule has 0 saturated carbocycles. The van der Waals surface area contributed by atoms with Gasteiger partial charge in [0.15, 0.2) is 0 Å². The lowest BCUT2D eigenvalue weighted by Gasteiger charge is -2.07. The van der Waals surface area contributed by atoms with Gasteiger partial charge in [-0.1, -0.05) is 11.8 Å². The standard InChI is InChI=1S/C12H10FN3O3S/c13-10-3-4-11(9(8-10)2-1-7-17)20(18,19)16-12-14-5-6-15-12/h3-6,8,17H,7H2,(H2,14,15,16). The van der Waals surface area contributed by atoms with Crippen molar-refractivity contribution in [3.05, 3.63) is 42.0 Å². The summed E-state index contributed by atoms with van der Waals surface area (Å²) in [4.78, 5) is 6.13. The molecule has 0 spiro atoms. The molecule has 2 aromatic rings. The van der Waals surface area contributed by atoms with Gasteiger partial charge in [0.05, 0.1) is 0 Å². The first kappa shape index (κ1) is 14.0. The smallest absolute Gasteiger partial charge is 0.265 e. The lowest BCUT2D eigenvalue weighted by molar-refractivity contribution is 0.350. The molecule has 0 aliphatic rings. The first-order valence-corrected chi connectivity index (χ1v) is 6.93. The third-order valence-corrected chi connectivity index (χ3v) is 3.66. The summed E-state index contributed by atoms with van der Waals surface area (Å²) in [6.45, 7) is -0.457. The number of aliphatic hydroxyl groups excluding tert-OH is 1. The van der Waals surface area contributed by atoms with E-state index in [2.05, 4.69) is 26.5 Å². The summed E-state index contributed by atoms with van der Waals surface area (Å²) in [7, 11) is -3.96. The lowest BCUT2D eigenvalue weighted by Crippen LogP contribution is -2.15. The van der Waals surface area contributed by atoms with Gasteiger partial charge in [-0.2, -0.15) is 0 Å². The Hall–Kier alpha value is -2.37. The second kappa shape index (κ2) is 5.73. The van der Waals surface area contributed by atoms with Crippen LogP contribution < -0.4 is 4.72 Å². The molecule has 8 heteroatoms. The fourth-order valence-electron chi connectivity index (χ4n) is 1.47. The van der Waals surface area contributed by atoms with Gasteiger partial charge in [0.1, 0.15) is 17.3 Å². The number of rotatable bonds is 3. The van der Waals surface area contributed by atoms with Crippen molar-refractivity contribution in [3.63, 3.8) is 0 Å². The van der Waals surface area contributed by atoms with E-state index in [1.807, 2.05) is 0 Å². The van der Waals surface area contributed by atoms with Gasteiger partial charge in [-0.25, -0.2) is 22.5 Å². The minimum Gasteiger partial charge on any atom is -0.384 e. The normalized spacial score (nSPS) is 10.7. The molecular weight excluding hydrogens is 285 g/mol. The zero-order chi connectivity index (χ0) is 14.6. The summed E-state index contributed by atoms with van der Waals surface area (Å²) in [6.07, 6.45) is 2.84. The number of benzene rings is 1. The Morgan fingerprint density at radius 3 is 2.90 bits per heavy atom. The van der Waals surface area contributed by atoms with E-state index in [9.17, 15) is 12.8 Å². The van der Waals surface area contributed by atoms with Gasteiger partial charge in [0.25, 0.3) is 10.0 Å². The number of nitrogens with zero attached hydrogens (tertiary/aromatic N) is 1. The number of nitrogens with one attached hydrogen (secondary N) is 2. The van der Waals surface area contributed by atoms with Gasteiger partial charge in [-0.15, -0.1) is 0 Å². The van der Waals surface area contributed by atoms with Gasteiger partial charge in [-0.3, -0.25) is 0 Å². The van der Waals surface area contributed by atoms with Crippen molar-refractivity contribution in [2.24, 2.45) is 0 Å². The monoisotopic (exact) mass is 295 g/mol. The molecular formula is C12H10FN3O3S. The van der Waals surface area contributed by atoms with Gasteiger partial charge in [0, 0.05) is 18.0 Å². The van der Waals surface area contributed by atoms with E-state index < -0.39 is 22.4 Å². The number of hydrogen-bond donors (Lipinski definition) is 3. The van der Waals surface area contributed by atoms with Gasteiger partial charge in [0.2, 0.25) is 5.95 Å². The Kier molecular flexibility index (Phi) is 4.02. The van der Waals surface area contributed by atoms with Crippen LogP contribution in [0.15, 0.2) is 35.5 Å². The number of halogens is 1. The van der Waals surface area contributed by atoms with Crippen LogP contribution in [0.3, 0.4) is 0 Å². The zero-order valence-electron chi connectivity index (χ0n) is 10.1. The van der Waals surface area contributed by atoms with E-state index in [1.54, 1.807) is 0 Å². The number of aromatic amines is 1. The first-order valence-electron chi connectivity index (χ1n) is 5.44. The van der Waals surface area contributed by atoms with E-state index in [1.165, 1.54) is 12.4 Å². The topological polar surface area (TPSA) is 95.1 Å². The summed E-state index contributed by atoms with van der Waals surface area (Å²) < 4.78 is 39.7. The number of H-pyrrole nitrogens is 1. The molecule has 0 unspecified atom stereocenters. The quantitative estimate of drug-likeness (QED) is 0.726. The predicted octanol–water partition coefficient (Wildman–Crippen LogP) is 0.693. The molecule has 2 rings (SSSR count). The maximum atomic E-state index is 13.2. The summed E-state index contributed by atoms with van der Waals surface area (Å²) >= 11 is 0. The van der Waals surface area contributed by atoms with Crippen LogP contribution in [0.1, 0.15) is 5.56 Å². The molecule has 0 amide bonds. The highest BCUT2D eigenvalue weighted by molar-refractivity contribution is 7.92. The molecule has 0 bridgehead atoms. The third-order valence-electron chi connectivity index (χ3n) is 2.26. The molecule has 3 N–H and O–H groups in total. The van der Waals surface area contributed by atoms with Crippen molar-refractivity contribution in [3.8, 4) is 11.8 Å². The highest BCUT2D eigenvalue weighted by atomic mass is 32.2. The highest BCUT2D eigenvalue weighted by Crippen LogP contribution is 2.18. The van der Waals surface area contributed by atoms with Crippen LogP contribution in [0.5, 0.6) is 0 Å². The second-order valence-electron chi connectivity index (χ2n) is 3.64. The SMILES string of the molecule is O=S(=O)(Nc1ncc[nH]1)c1ccc(F)cc1C#CCO. The molecule has 1 aromatic heterocycles. The van der Waals surface area contributed by atoms with Crippen LogP contribution in [0.4, 0.5) is 10.3 Å². The fourth-order valence-corrected chi connectivity index (χ4v) is 2.60. The average molecular weight is 295 g/mol. The number of anilines is 1. The predicted molar refractivity (Wildman–Crippen MR) is 69.8 cm³/mol. The van der Waals surface area contributed by atoms with Crippen LogP contribution in [-0.4, -0.2) is 30.1 Å². The zero-order valence-corrected chi connectivity index (χ0v) is 10.9. The van der Waals surface area contributed by atoms with Crippen molar-refractivity contribution in [2.45, 2.75) is 4.90 Å². The molecule has 0 aliphatic heterocycles. The molecule has 1 aromatic carbocycles. The molecule has 0 atom stereocenters. The van der Waals surface area contributed by atoms with E-state index >= 15 is 0 Å². The Labute approximate surface area is 114 Å². The molecule has 20 heavy (non-hydrogen) atoms. The average Bonchev–Trinajstić information content (AvgIpc) is 2.88. The Balaban J connectivity index is 2.45. The summed E-state index contributed by atoms with van der Waals surface area (Å²) in [5, 5.41) is 8.65. The number of aliphatic hydroxyl groups is 1. The molecule has 0 fully saturated rings. The Bertz CT molecular complexity index is 761. The van der Waals surface area contributed by atoms with Crippen LogP contribution in [0, 0.1) is 17.7 Å². The lowest BCUT2D eigenvalue weighted by atomic mass is 10.2. The van der Waals surface area contributed by atoms with Gasteiger partial charge in [-0.05, 0) is 18.2 Å². The van der Waals surface area contributed by atoms with E-state index in [0.717, 1.165) is 18.2 Å². The Morgan fingerprint density at radius 2 is 2.25 bits per heavy atom. The van der Waals surface area contributed by atoms with Crippen molar-refractivity contribution in [2.75, 3.05) is 11.3 Å². The fraction of sp³-hybridized carbons (Fsp3) is 0.0833. The minimum absolute atomic E-state index is 0.0374. The van der Waals surface area contributed by atoms with E-state index in [0.29, 0.717) is 0 Å². The van der Waals surface area contributed by atoms with Crippen LogP contribution in [-0.2, 0) is 10.0 Å². The highest BCUT2D eigenvalue weighted by Gasteiger charge is 2.19. The maximum Gasteiger partial charge on any atom is 0.265 e. The van der Waals surface area contributed by atoms with Crippen LogP contribution in [0.25, 0.3) is 0 Å². The third kappa shape index (κ3) is 3.14. The van der Waals surface area contributed by atoms with E-state index in [4.69, 9.17) is 5.11 Å². The number of hydrogen-bond acceptors (Lipinski definition) is 4. The van der Waals surface area contributed by atoms with Crippen molar-refractivity contribution >= 4 is 16.0 Å². The molecule has 0 saturated heterocycles. The molecule has 6 nitrogen and oxygen atoms in total. The van der Waals surface area contributed by atoms with Crippen molar-refractivity contribution in [1.82, 2.24) is 9.97 Å². The van der Waals surface area contributed by atoms with Gasteiger partial charge < -0.3 is 10.1 Å². The maximum absolute atomic E-state index is 13.2. The molecule has 1 heterocycles. The number of aromatic nitrogens is 2. The Morgan fingerprint density at radius 1 is 1.45 bits per heavy atom. The van der Waals surface area contributed by atoms with Crippen molar-refractivity contribution in [1.29, 1.82) is 0 Å². The largest absolute Gasteiger partial charge is 0.384 e. The first-order chi connectivity index (χ1) is 9.53. The second-order valence-corrected chi connectivity index (χ2v) is 5.29. The summed E-state index contributed by atoms with van der Waals surface area (Å²) in [5.74, 6) is 4.10. The van der Waals surface area contributed by atoms with Gasteiger partial charge >= 0.3 is 0 Å². The molecule has 104 valence electrons. The molecule has 0 radical (unpaired) electrons. The van der Waals surface area contributed by atoms with Crippen LogP contribution >= 0.6 is 0 Å². The number of sulfonamides is 1. The summed E-state index contributed by atoms with van der Waals surface area (Å²) in [6, 6.07) is 3.10. The minimum atomic E-state index is -3.96. The molecule has 0 aliphatic carbocycles. The van der Waals surface area contributed by atoms with Crippen molar-refractivity contribution < 1.29 is 17.9 Å². The van der Waals surface area contributed by atoms with E-state index in [-0.39, 0.29) is 16.4 Å². The number of imidazole rings is 1.